The molecule has 36 heavy (non-hydrogen) atoms. The molecule has 0 atom stereocenters. The van der Waals surface area contributed by atoms with Crippen molar-refractivity contribution in [2.75, 3.05) is 10.6 Å². The van der Waals surface area contributed by atoms with Crippen LogP contribution in [0.4, 0.5) is 29.3 Å². The van der Waals surface area contributed by atoms with E-state index in [2.05, 4.69) is 40.5 Å². The molecule has 0 radical (unpaired) electrons. The van der Waals surface area contributed by atoms with E-state index in [1.54, 1.807) is 31.2 Å². The number of alkyl halides is 3. The standard InChI is InChI=1S/C23H17F3N8O2/c1-12-9-27-19(32-12)13-6-14(23(24,25)26)8-16(7-13)34-22(35)33-15-2-4-17(5-3-15)36-21-18-20(29-10-28-18)30-11-31-21/h2-11H,1H3,(H,27,32)(H2,33,34,35)(H,28,29,30,31). The van der Waals surface area contributed by atoms with Crippen molar-refractivity contribution >= 4 is 28.6 Å². The molecule has 0 aliphatic rings. The number of amides is 2. The Hall–Kier alpha value is -4.94. The van der Waals surface area contributed by atoms with Gasteiger partial charge in [0.1, 0.15) is 23.4 Å². The summed E-state index contributed by atoms with van der Waals surface area (Å²) >= 11 is 0. The minimum atomic E-state index is -4.61. The van der Waals surface area contributed by atoms with Crippen molar-refractivity contribution in [3.05, 3.63) is 72.6 Å². The van der Waals surface area contributed by atoms with Gasteiger partial charge in [-0.1, -0.05) is 0 Å². The van der Waals surface area contributed by atoms with Gasteiger partial charge in [-0.3, -0.25) is 0 Å². The van der Waals surface area contributed by atoms with Crippen LogP contribution in [0.2, 0.25) is 0 Å². The van der Waals surface area contributed by atoms with Crippen molar-refractivity contribution in [3.8, 4) is 23.0 Å². The highest BCUT2D eigenvalue weighted by molar-refractivity contribution is 6.00. The predicted molar refractivity (Wildman–Crippen MR) is 125 cm³/mol. The second-order valence-electron chi connectivity index (χ2n) is 7.70. The van der Waals surface area contributed by atoms with Crippen molar-refractivity contribution in [1.29, 1.82) is 0 Å². The van der Waals surface area contributed by atoms with Crippen LogP contribution in [0.25, 0.3) is 22.6 Å². The van der Waals surface area contributed by atoms with Crippen LogP contribution in [0.3, 0.4) is 0 Å². The maximum absolute atomic E-state index is 13.4. The summed E-state index contributed by atoms with van der Waals surface area (Å²) in [5.74, 6) is 0.976. The number of ether oxygens (including phenoxy) is 1. The van der Waals surface area contributed by atoms with Crippen LogP contribution in [-0.4, -0.2) is 35.9 Å². The molecule has 0 saturated heterocycles. The number of imidazole rings is 2. The fourth-order valence-electron chi connectivity index (χ4n) is 3.39. The summed E-state index contributed by atoms with van der Waals surface area (Å²) in [6, 6.07) is 8.85. The van der Waals surface area contributed by atoms with Gasteiger partial charge in [-0.05, 0) is 49.4 Å². The average Bonchev–Trinajstić information content (AvgIpc) is 3.49. The minimum Gasteiger partial charge on any atom is -0.437 e. The summed E-state index contributed by atoms with van der Waals surface area (Å²) in [5, 5.41) is 5.02. The molecule has 0 saturated carbocycles. The maximum atomic E-state index is 13.4. The Morgan fingerprint density at radius 3 is 2.47 bits per heavy atom. The first-order chi connectivity index (χ1) is 17.2. The first-order valence-electron chi connectivity index (χ1n) is 10.5. The molecule has 2 amide bonds. The third-order valence-corrected chi connectivity index (χ3v) is 5.01. The van der Waals surface area contributed by atoms with Crippen molar-refractivity contribution in [1.82, 2.24) is 29.9 Å². The van der Waals surface area contributed by atoms with E-state index in [1.165, 1.54) is 24.9 Å². The quantitative estimate of drug-likeness (QED) is 0.255. The molecule has 5 rings (SSSR count). The number of aryl methyl sites for hydroxylation is 1. The molecule has 4 N–H and O–H groups in total. The van der Waals surface area contributed by atoms with Gasteiger partial charge in [-0.2, -0.15) is 18.2 Å². The first-order valence-corrected chi connectivity index (χ1v) is 10.5. The van der Waals surface area contributed by atoms with E-state index in [4.69, 9.17) is 4.74 Å². The van der Waals surface area contributed by atoms with E-state index in [0.29, 0.717) is 28.3 Å². The molecule has 182 valence electrons. The Balaban J connectivity index is 1.29. The number of nitrogens with zero attached hydrogens (tertiary/aromatic N) is 4. The highest BCUT2D eigenvalue weighted by Gasteiger charge is 2.31. The molecule has 2 aromatic carbocycles. The lowest BCUT2D eigenvalue weighted by Crippen LogP contribution is -2.20. The lowest BCUT2D eigenvalue weighted by molar-refractivity contribution is -0.137. The van der Waals surface area contributed by atoms with Crippen LogP contribution < -0.4 is 15.4 Å². The predicted octanol–water partition coefficient (Wildman–Crippen LogP) is 5.51. The monoisotopic (exact) mass is 494 g/mol. The molecule has 0 fully saturated rings. The number of hydrogen-bond donors (Lipinski definition) is 4. The van der Waals surface area contributed by atoms with Gasteiger partial charge in [0.25, 0.3) is 0 Å². The number of aromatic amines is 2. The van der Waals surface area contributed by atoms with Crippen molar-refractivity contribution in [2.45, 2.75) is 13.1 Å². The largest absolute Gasteiger partial charge is 0.437 e. The van der Waals surface area contributed by atoms with Crippen LogP contribution in [0.15, 0.2) is 61.3 Å². The lowest BCUT2D eigenvalue weighted by atomic mass is 10.1. The van der Waals surface area contributed by atoms with Crippen LogP contribution in [0.5, 0.6) is 11.6 Å². The van der Waals surface area contributed by atoms with Crippen molar-refractivity contribution < 1.29 is 22.7 Å². The number of H-pyrrole nitrogens is 2. The Morgan fingerprint density at radius 2 is 1.75 bits per heavy atom. The maximum Gasteiger partial charge on any atom is 0.416 e. The zero-order valence-electron chi connectivity index (χ0n) is 18.5. The third-order valence-electron chi connectivity index (χ3n) is 5.01. The highest BCUT2D eigenvalue weighted by Crippen LogP contribution is 2.34. The number of fused-ring (bicyclic) bond motifs is 1. The van der Waals surface area contributed by atoms with Crippen molar-refractivity contribution in [2.24, 2.45) is 0 Å². The molecule has 13 heteroatoms. The van der Waals surface area contributed by atoms with E-state index in [-0.39, 0.29) is 23.0 Å². The number of anilines is 2. The third kappa shape index (κ3) is 4.94. The number of carbonyl (C=O) groups is 1. The fourth-order valence-corrected chi connectivity index (χ4v) is 3.39. The van der Waals surface area contributed by atoms with Gasteiger partial charge in [-0.15, -0.1) is 0 Å². The fraction of sp³-hybridized carbons (Fsp3) is 0.0870. The molecule has 5 aromatic rings. The molecule has 0 spiro atoms. The lowest BCUT2D eigenvalue weighted by Gasteiger charge is -2.13. The molecular formula is C23H17F3N8O2. The first kappa shape index (κ1) is 22.8. The summed E-state index contributed by atoms with van der Waals surface area (Å²) in [6.07, 6.45) is -0.303. The molecule has 0 aliphatic heterocycles. The molecule has 0 bridgehead atoms. The summed E-state index contributed by atoms with van der Waals surface area (Å²) < 4.78 is 46.0. The minimum absolute atomic E-state index is 0.0429. The number of carbonyl (C=O) groups excluding carboxylic acids is 1. The Morgan fingerprint density at radius 1 is 0.972 bits per heavy atom. The topological polar surface area (TPSA) is 134 Å². The molecular weight excluding hydrogens is 477 g/mol. The number of aromatic nitrogens is 6. The van der Waals surface area contributed by atoms with Gasteiger partial charge in [0.15, 0.2) is 5.65 Å². The molecule has 3 aromatic heterocycles. The SMILES string of the molecule is Cc1cnc(-c2cc(NC(=O)Nc3ccc(Oc4ncnc5nc[nH]c45)cc3)cc(C(F)(F)F)c2)[nH]1. The van der Waals surface area contributed by atoms with E-state index in [0.717, 1.165) is 12.1 Å². The van der Waals surface area contributed by atoms with E-state index < -0.39 is 17.8 Å². The van der Waals surface area contributed by atoms with Crippen LogP contribution in [0, 0.1) is 6.92 Å². The van der Waals surface area contributed by atoms with Crippen LogP contribution in [0.1, 0.15) is 11.3 Å². The molecule has 0 unspecified atom stereocenters. The van der Waals surface area contributed by atoms with Gasteiger partial charge in [0.05, 0.1) is 11.9 Å². The zero-order chi connectivity index (χ0) is 25.3. The smallest absolute Gasteiger partial charge is 0.416 e. The Labute approximate surface area is 201 Å². The number of nitrogens with one attached hydrogen (secondary N) is 4. The second-order valence-corrected chi connectivity index (χ2v) is 7.70. The normalized spacial score (nSPS) is 11.4. The molecule has 10 nitrogen and oxygen atoms in total. The molecule has 3 heterocycles. The van der Waals surface area contributed by atoms with E-state index in [1.807, 2.05) is 0 Å². The molecule has 0 aliphatic carbocycles. The zero-order valence-corrected chi connectivity index (χ0v) is 18.5. The highest BCUT2D eigenvalue weighted by atomic mass is 19.4. The van der Waals surface area contributed by atoms with Crippen LogP contribution in [-0.2, 0) is 6.18 Å². The van der Waals surface area contributed by atoms with E-state index >= 15 is 0 Å². The Bertz CT molecular complexity index is 1540. The summed E-state index contributed by atoms with van der Waals surface area (Å²) in [4.78, 5) is 34.5. The number of urea groups is 1. The van der Waals surface area contributed by atoms with Gasteiger partial charge in [-0.25, -0.2) is 19.7 Å². The van der Waals surface area contributed by atoms with Gasteiger partial charge in [0, 0.05) is 28.8 Å². The number of hydrogen-bond acceptors (Lipinski definition) is 6. The summed E-state index contributed by atoms with van der Waals surface area (Å²) in [5.41, 5.74) is 1.30. The average molecular weight is 494 g/mol. The van der Waals surface area contributed by atoms with Crippen LogP contribution >= 0.6 is 0 Å². The van der Waals surface area contributed by atoms with Gasteiger partial charge >= 0.3 is 12.2 Å². The number of benzene rings is 2. The number of halogens is 3. The van der Waals surface area contributed by atoms with E-state index in [9.17, 15) is 18.0 Å². The van der Waals surface area contributed by atoms with Gasteiger partial charge in [0.2, 0.25) is 5.88 Å². The second kappa shape index (κ2) is 9.02. The van der Waals surface area contributed by atoms with Gasteiger partial charge < -0.3 is 25.3 Å². The number of rotatable bonds is 5. The Kier molecular flexibility index (Phi) is 5.72. The van der Waals surface area contributed by atoms with Crippen molar-refractivity contribution in [3.63, 3.8) is 0 Å². The summed E-state index contributed by atoms with van der Waals surface area (Å²) in [7, 11) is 0. The summed E-state index contributed by atoms with van der Waals surface area (Å²) in [6.45, 7) is 1.73.